The molecule has 0 aromatic carbocycles. The Labute approximate surface area is 80.6 Å². The molecule has 1 rings (SSSR count). The summed E-state index contributed by atoms with van der Waals surface area (Å²) in [5, 5.41) is 0. The zero-order valence-electron chi connectivity index (χ0n) is 8.22. The molecule has 72 valence electrons. The van der Waals surface area contributed by atoms with Crippen LogP contribution in [0.3, 0.4) is 0 Å². The fraction of sp³-hybridized carbons (Fsp3) is 1.00. The van der Waals surface area contributed by atoms with Crippen molar-refractivity contribution >= 4 is 11.9 Å². The van der Waals surface area contributed by atoms with Crippen molar-refractivity contribution in [2.75, 3.05) is 0 Å². The third-order valence-corrected chi connectivity index (χ3v) is 3.30. The predicted octanol–water partition coefficient (Wildman–Crippen LogP) is 3.62. The fourth-order valence-electron chi connectivity index (χ4n) is 2.22. The van der Waals surface area contributed by atoms with Gasteiger partial charge >= 0.3 is 0 Å². The molecule has 0 bridgehead atoms. The van der Waals surface area contributed by atoms with E-state index in [0.29, 0.717) is 11.8 Å². The van der Waals surface area contributed by atoms with Crippen LogP contribution in [0.1, 0.15) is 40.0 Å². The molecule has 3 atom stereocenters. The van der Waals surface area contributed by atoms with Gasteiger partial charge in [-0.3, -0.25) is 4.29 Å². The predicted molar refractivity (Wildman–Crippen MR) is 52.1 cm³/mol. The van der Waals surface area contributed by atoms with Gasteiger partial charge in [0.2, 0.25) is 0 Å². The smallest absolute Gasteiger partial charge is 0.0823 e. The van der Waals surface area contributed by atoms with E-state index in [-0.39, 0.29) is 6.10 Å². The van der Waals surface area contributed by atoms with Gasteiger partial charge in [-0.2, -0.15) is 0 Å². The largest absolute Gasteiger partial charge is 0.276 e. The molecular weight excluding hydrogens is 172 g/mol. The van der Waals surface area contributed by atoms with Gasteiger partial charge in [0.15, 0.2) is 0 Å². The maximum atomic E-state index is 5.48. The lowest BCUT2D eigenvalue weighted by molar-refractivity contribution is 0.0537. The molecule has 1 nitrogen and oxygen atoms in total. The second-order valence-electron chi connectivity index (χ2n) is 4.45. The summed E-state index contributed by atoms with van der Waals surface area (Å²) in [6.07, 6.45) is 4.03. The van der Waals surface area contributed by atoms with Crippen LogP contribution in [0.2, 0.25) is 0 Å². The van der Waals surface area contributed by atoms with Crippen molar-refractivity contribution in [1.29, 1.82) is 0 Å². The molecule has 0 aromatic heterocycles. The van der Waals surface area contributed by atoms with Crippen molar-refractivity contribution in [3.8, 4) is 0 Å². The van der Waals surface area contributed by atoms with Crippen LogP contribution in [0, 0.1) is 17.8 Å². The molecule has 3 unspecified atom stereocenters. The number of hydrogen-bond donors (Lipinski definition) is 0. The summed E-state index contributed by atoms with van der Waals surface area (Å²) in [6, 6.07) is 0. The lowest BCUT2D eigenvalue weighted by atomic mass is 9.75. The average Bonchev–Trinajstić information content (AvgIpc) is 2.03. The van der Waals surface area contributed by atoms with E-state index in [9.17, 15) is 0 Å². The van der Waals surface area contributed by atoms with E-state index in [1.807, 2.05) is 0 Å². The zero-order chi connectivity index (χ0) is 9.14. The number of rotatable bonds is 2. The fourth-order valence-corrected chi connectivity index (χ4v) is 2.42. The minimum absolute atomic E-state index is 0.287. The summed E-state index contributed by atoms with van der Waals surface area (Å²) in [7, 11) is 0. The Morgan fingerprint density at radius 3 is 2.50 bits per heavy atom. The molecule has 0 N–H and O–H groups in total. The first-order valence-electron chi connectivity index (χ1n) is 4.92. The summed E-state index contributed by atoms with van der Waals surface area (Å²) in [5.74, 6) is 2.14. The second kappa shape index (κ2) is 4.48. The van der Waals surface area contributed by atoms with E-state index in [2.05, 4.69) is 20.8 Å². The van der Waals surface area contributed by atoms with Crippen LogP contribution in [-0.4, -0.2) is 6.10 Å². The van der Waals surface area contributed by atoms with Crippen LogP contribution in [0.25, 0.3) is 0 Å². The number of hydrogen-bond acceptors (Lipinski definition) is 1. The first-order valence-corrected chi connectivity index (χ1v) is 5.23. The van der Waals surface area contributed by atoms with Gasteiger partial charge in [-0.25, -0.2) is 0 Å². The van der Waals surface area contributed by atoms with Crippen LogP contribution in [0.15, 0.2) is 0 Å². The van der Waals surface area contributed by atoms with E-state index in [1.165, 1.54) is 12.8 Å². The third kappa shape index (κ3) is 2.37. The molecule has 1 saturated carbocycles. The first kappa shape index (κ1) is 10.3. The summed E-state index contributed by atoms with van der Waals surface area (Å²) in [4.78, 5) is 0. The Kier molecular flexibility index (Phi) is 3.85. The molecule has 0 heterocycles. The highest BCUT2D eigenvalue weighted by atomic mass is 35.5. The molecular formula is C10H19ClO. The van der Waals surface area contributed by atoms with Gasteiger partial charge in [-0.05, 0) is 30.6 Å². The van der Waals surface area contributed by atoms with Gasteiger partial charge in [0.05, 0.1) is 18.0 Å². The van der Waals surface area contributed by atoms with Gasteiger partial charge < -0.3 is 0 Å². The van der Waals surface area contributed by atoms with E-state index >= 15 is 0 Å². The van der Waals surface area contributed by atoms with E-state index in [4.69, 9.17) is 16.2 Å². The van der Waals surface area contributed by atoms with Crippen molar-refractivity contribution < 1.29 is 4.29 Å². The molecule has 0 aromatic rings. The van der Waals surface area contributed by atoms with Crippen molar-refractivity contribution in [3.63, 3.8) is 0 Å². The monoisotopic (exact) mass is 190 g/mol. The van der Waals surface area contributed by atoms with Gasteiger partial charge in [0.1, 0.15) is 0 Å². The normalized spacial score (nSPS) is 37.2. The van der Waals surface area contributed by atoms with Gasteiger partial charge in [0, 0.05) is 0 Å². The quantitative estimate of drug-likeness (QED) is 0.647. The van der Waals surface area contributed by atoms with E-state index < -0.39 is 0 Å². The Morgan fingerprint density at radius 2 is 2.00 bits per heavy atom. The SMILES string of the molecule is CC1CCC(C(C)C)C(OCl)C1. The van der Waals surface area contributed by atoms with Gasteiger partial charge in [-0.15, -0.1) is 0 Å². The minimum atomic E-state index is 0.287. The van der Waals surface area contributed by atoms with Crippen molar-refractivity contribution in [2.24, 2.45) is 17.8 Å². The lowest BCUT2D eigenvalue weighted by Gasteiger charge is -2.35. The third-order valence-electron chi connectivity index (χ3n) is 3.08. The molecule has 0 aliphatic heterocycles. The lowest BCUT2D eigenvalue weighted by Crippen LogP contribution is -2.32. The molecule has 1 aliphatic carbocycles. The average molecular weight is 191 g/mol. The highest BCUT2D eigenvalue weighted by Gasteiger charge is 2.31. The van der Waals surface area contributed by atoms with Crippen LogP contribution < -0.4 is 0 Å². The molecule has 0 saturated heterocycles. The molecule has 1 fully saturated rings. The zero-order valence-corrected chi connectivity index (χ0v) is 8.97. The van der Waals surface area contributed by atoms with Crippen LogP contribution >= 0.6 is 11.9 Å². The first-order chi connectivity index (χ1) is 5.65. The highest BCUT2D eigenvalue weighted by Crippen LogP contribution is 2.35. The Balaban J connectivity index is 2.50. The van der Waals surface area contributed by atoms with Crippen molar-refractivity contribution in [3.05, 3.63) is 0 Å². The Bertz CT molecular complexity index is 136. The summed E-state index contributed by atoms with van der Waals surface area (Å²) in [6.45, 7) is 6.78. The van der Waals surface area contributed by atoms with Crippen LogP contribution in [-0.2, 0) is 4.29 Å². The standard InChI is InChI=1S/C10H19ClO/c1-7(2)9-5-4-8(3)6-10(9)12-11/h7-10H,4-6H2,1-3H3. The summed E-state index contributed by atoms with van der Waals surface area (Å²) >= 11 is 5.48. The van der Waals surface area contributed by atoms with E-state index in [0.717, 1.165) is 12.3 Å². The Hall–Kier alpha value is 0.250. The van der Waals surface area contributed by atoms with Crippen molar-refractivity contribution in [2.45, 2.75) is 46.1 Å². The van der Waals surface area contributed by atoms with Gasteiger partial charge in [-0.1, -0.05) is 27.2 Å². The molecule has 0 amide bonds. The number of halogens is 1. The summed E-state index contributed by atoms with van der Waals surface area (Å²) < 4.78 is 5.01. The van der Waals surface area contributed by atoms with Crippen molar-refractivity contribution in [1.82, 2.24) is 0 Å². The van der Waals surface area contributed by atoms with E-state index in [1.54, 1.807) is 0 Å². The molecule has 2 heteroatoms. The molecule has 12 heavy (non-hydrogen) atoms. The molecule has 0 spiro atoms. The van der Waals surface area contributed by atoms with Crippen LogP contribution in [0.4, 0.5) is 0 Å². The van der Waals surface area contributed by atoms with Crippen LogP contribution in [0.5, 0.6) is 0 Å². The Morgan fingerprint density at radius 1 is 1.33 bits per heavy atom. The summed E-state index contributed by atoms with van der Waals surface area (Å²) in [5.41, 5.74) is 0. The maximum Gasteiger partial charge on any atom is 0.0823 e. The highest BCUT2D eigenvalue weighted by molar-refractivity contribution is 6.07. The molecule has 1 aliphatic rings. The topological polar surface area (TPSA) is 9.23 Å². The minimum Gasteiger partial charge on any atom is -0.276 e. The second-order valence-corrected chi connectivity index (χ2v) is 4.63. The molecule has 0 radical (unpaired) electrons. The van der Waals surface area contributed by atoms with Gasteiger partial charge in [0.25, 0.3) is 0 Å². The maximum absolute atomic E-state index is 5.48.